The number of benzene rings is 6. The molecule has 3 aromatic heterocycles. The van der Waals surface area contributed by atoms with Crippen molar-refractivity contribution in [1.29, 1.82) is 0 Å². The number of fused-ring (bicyclic) bond motifs is 9. The Morgan fingerprint density at radius 3 is 1.39 bits per heavy atom. The summed E-state index contributed by atoms with van der Waals surface area (Å²) in [4.78, 5) is 6.86. The highest BCUT2D eigenvalue weighted by atomic mass is 35.5. The zero-order chi connectivity index (χ0) is 58.9. The molecule has 3 aliphatic rings. The highest BCUT2D eigenvalue weighted by molar-refractivity contribution is 6.32. The average molecular weight is 1200 g/mol. The van der Waals surface area contributed by atoms with Crippen LogP contribution in [-0.4, -0.2) is 84.5 Å². The minimum atomic E-state index is -1.70. The van der Waals surface area contributed by atoms with Crippen molar-refractivity contribution < 1.29 is 28.5 Å². The third kappa shape index (κ3) is 11.7. The third-order valence-corrected chi connectivity index (χ3v) is 18.2. The molecule has 4 atom stereocenters. The first kappa shape index (κ1) is 59.8. The molecule has 9 nitrogen and oxygen atoms in total. The summed E-state index contributed by atoms with van der Waals surface area (Å²) in [5.41, 5.74) is 9.48. The van der Waals surface area contributed by atoms with E-state index in [1.807, 2.05) is 86.0 Å². The van der Waals surface area contributed by atoms with Crippen molar-refractivity contribution in [3.63, 3.8) is 0 Å². The van der Waals surface area contributed by atoms with Gasteiger partial charge in [-0.05, 0) is 193 Å². The fourth-order valence-corrected chi connectivity index (χ4v) is 13.7. The SMILES string of the molecule is CC(n1c2c(c3cc(Cl)ccc31)CN(C)CC2)C(C)(O)c1ccc(F)cc1.Cc1cc(Cl)ccc1C(C)(O)Cn1c2c(c3cc(Cl)ccc31)CN(C)CC2.Cc1cc(F)c(C(C)(O)Cn2c3c(c4cc(Cl)ccc42)CN(C)CC3)c(F)c1. The molecule has 3 N–H and O–H groups in total. The second kappa shape index (κ2) is 23.3. The predicted molar refractivity (Wildman–Crippen MR) is 328 cm³/mol. The molecule has 0 amide bonds. The molecule has 82 heavy (non-hydrogen) atoms. The van der Waals surface area contributed by atoms with Crippen LogP contribution in [0, 0.1) is 31.3 Å². The molecule has 0 saturated heterocycles. The molecule has 4 unspecified atom stereocenters. The monoisotopic (exact) mass is 1190 g/mol. The number of nitrogens with zero attached hydrogens (tertiary/aromatic N) is 6. The molecular formula is C66H71Cl4F3N6O3. The number of aliphatic hydroxyl groups is 3. The zero-order valence-corrected chi connectivity index (χ0v) is 50.9. The molecule has 12 rings (SSSR count). The van der Waals surface area contributed by atoms with Crippen molar-refractivity contribution in [2.75, 3.05) is 40.8 Å². The number of hydrogen-bond acceptors (Lipinski definition) is 6. The van der Waals surface area contributed by atoms with Crippen LogP contribution in [0.25, 0.3) is 32.7 Å². The summed E-state index contributed by atoms with van der Waals surface area (Å²) < 4.78 is 49.0. The molecule has 16 heteroatoms. The Morgan fingerprint density at radius 2 is 0.915 bits per heavy atom. The molecule has 0 radical (unpaired) electrons. The smallest absolute Gasteiger partial charge is 0.132 e. The van der Waals surface area contributed by atoms with Crippen LogP contribution in [0.5, 0.6) is 0 Å². The predicted octanol–water partition coefficient (Wildman–Crippen LogP) is 14.8. The quantitative estimate of drug-likeness (QED) is 0.134. The minimum Gasteiger partial charge on any atom is -0.384 e. The van der Waals surface area contributed by atoms with E-state index in [0.717, 1.165) is 113 Å². The van der Waals surface area contributed by atoms with Crippen LogP contribution in [0.3, 0.4) is 0 Å². The van der Waals surface area contributed by atoms with Crippen molar-refractivity contribution in [3.05, 3.63) is 208 Å². The van der Waals surface area contributed by atoms with Crippen molar-refractivity contribution in [2.24, 2.45) is 0 Å². The van der Waals surface area contributed by atoms with E-state index in [1.54, 1.807) is 32.0 Å². The lowest BCUT2D eigenvalue weighted by molar-refractivity contribution is 0.00773. The average Bonchev–Trinajstić information content (AvgIpc) is 3.34. The zero-order valence-electron chi connectivity index (χ0n) is 47.9. The molecule has 0 fully saturated rings. The van der Waals surface area contributed by atoms with E-state index >= 15 is 0 Å². The van der Waals surface area contributed by atoms with Crippen LogP contribution in [0.1, 0.15) is 95.3 Å². The second-order valence-corrected chi connectivity index (χ2v) is 25.5. The van der Waals surface area contributed by atoms with Crippen molar-refractivity contribution in [3.8, 4) is 0 Å². The van der Waals surface area contributed by atoms with Crippen molar-refractivity contribution >= 4 is 79.1 Å². The van der Waals surface area contributed by atoms with E-state index in [4.69, 9.17) is 46.4 Å². The Kier molecular flexibility index (Phi) is 17.0. The molecular weight excluding hydrogens is 1120 g/mol. The highest BCUT2D eigenvalue weighted by Crippen LogP contribution is 2.42. The largest absolute Gasteiger partial charge is 0.384 e. The molecule has 432 valence electrons. The molecule has 0 aliphatic carbocycles. The molecule has 9 aromatic rings. The Labute approximate surface area is 498 Å². The van der Waals surface area contributed by atoms with E-state index < -0.39 is 28.4 Å². The summed E-state index contributed by atoms with van der Waals surface area (Å²) in [6.07, 6.45) is 2.68. The maximum atomic E-state index is 14.6. The van der Waals surface area contributed by atoms with Gasteiger partial charge in [-0.2, -0.15) is 0 Å². The summed E-state index contributed by atoms with van der Waals surface area (Å²) in [6, 6.07) is 31.7. The molecule has 6 aromatic carbocycles. The van der Waals surface area contributed by atoms with Gasteiger partial charge in [0.15, 0.2) is 0 Å². The van der Waals surface area contributed by atoms with Gasteiger partial charge < -0.3 is 43.7 Å². The number of hydrogen-bond donors (Lipinski definition) is 3. The summed E-state index contributed by atoms with van der Waals surface area (Å²) in [5, 5.41) is 40.1. The van der Waals surface area contributed by atoms with Crippen LogP contribution in [0.4, 0.5) is 13.2 Å². The lowest BCUT2D eigenvalue weighted by Crippen LogP contribution is -2.34. The Morgan fingerprint density at radius 1 is 0.512 bits per heavy atom. The third-order valence-electron chi connectivity index (χ3n) is 17.2. The maximum absolute atomic E-state index is 14.6. The van der Waals surface area contributed by atoms with E-state index in [0.29, 0.717) is 32.7 Å². The second-order valence-electron chi connectivity index (χ2n) is 23.7. The van der Waals surface area contributed by atoms with Gasteiger partial charge in [0.1, 0.15) is 34.3 Å². The standard InChI is InChI=1S/C22H24Cl2N2O.C22H23ClF2N2O.C22H24ClFN2O/c1-14-10-15(23)4-6-19(14)22(2,27)13-26-20-7-5-16(24)11-17(20)18-12-25(3)9-8-21(18)26;1-13-8-17(24)21(18(25)9-13)22(2,28)12-27-19-5-4-14(23)10-15(19)16-11-26(3)7-6-20(16)27;1-14(22(2,27)15-4-7-17(24)8-5-15)26-20-9-6-16(23)12-18(20)19-13-25(3)11-10-21(19)26/h4-7,10-11,27H,8-9,12-13H2,1-3H3;4-5,8-10,28H,6-7,11-12H2,1-3H3;4-9,12,14,27H,10-11,13H2,1-3H3. The molecule has 0 spiro atoms. The van der Waals surface area contributed by atoms with E-state index in [-0.39, 0.29) is 24.0 Å². The molecule has 6 heterocycles. The first-order valence-corrected chi connectivity index (χ1v) is 29.3. The first-order chi connectivity index (χ1) is 38.7. The minimum absolute atomic E-state index is 0.0566. The first-order valence-electron chi connectivity index (χ1n) is 27.8. The van der Waals surface area contributed by atoms with Gasteiger partial charge >= 0.3 is 0 Å². The summed E-state index contributed by atoms with van der Waals surface area (Å²) in [6.45, 7) is 16.7. The number of likely N-dealkylation sites (N-methyl/N-ethyl adjacent to an activating group) is 3. The topological polar surface area (TPSA) is 85.2 Å². The molecule has 3 aliphatic heterocycles. The van der Waals surface area contributed by atoms with Crippen LogP contribution < -0.4 is 0 Å². The summed E-state index contributed by atoms with van der Waals surface area (Å²) in [5.74, 6) is -1.75. The van der Waals surface area contributed by atoms with Gasteiger partial charge in [-0.25, -0.2) is 13.2 Å². The Hall–Kier alpha value is -5.35. The summed E-state index contributed by atoms with van der Waals surface area (Å²) in [7, 11) is 6.32. The van der Waals surface area contributed by atoms with Crippen LogP contribution in [0.15, 0.2) is 109 Å². The van der Waals surface area contributed by atoms with Gasteiger partial charge in [0.05, 0.1) is 24.7 Å². The fourth-order valence-electron chi connectivity index (χ4n) is 12.9. The van der Waals surface area contributed by atoms with Crippen LogP contribution >= 0.6 is 46.4 Å². The van der Waals surface area contributed by atoms with Crippen LogP contribution in [0.2, 0.25) is 20.1 Å². The Bertz CT molecular complexity index is 3860. The molecule has 0 saturated carbocycles. The van der Waals surface area contributed by atoms with Gasteiger partial charge in [-0.15, -0.1) is 0 Å². The van der Waals surface area contributed by atoms with Crippen LogP contribution in [-0.2, 0) is 68.8 Å². The maximum Gasteiger partial charge on any atom is 0.132 e. The summed E-state index contributed by atoms with van der Waals surface area (Å²) >= 11 is 24.9. The lowest BCUT2D eigenvalue weighted by Gasteiger charge is -2.35. The van der Waals surface area contributed by atoms with E-state index in [9.17, 15) is 28.5 Å². The van der Waals surface area contributed by atoms with E-state index in [2.05, 4.69) is 51.0 Å². The number of aromatic nitrogens is 3. The van der Waals surface area contributed by atoms with Gasteiger partial charge in [0, 0.05) is 128 Å². The van der Waals surface area contributed by atoms with E-state index in [1.165, 1.54) is 59.1 Å². The van der Waals surface area contributed by atoms with Crippen molar-refractivity contribution in [1.82, 2.24) is 28.4 Å². The van der Waals surface area contributed by atoms with Gasteiger partial charge in [0.25, 0.3) is 0 Å². The van der Waals surface area contributed by atoms with Gasteiger partial charge in [-0.1, -0.05) is 64.6 Å². The normalized spacial score (nSPS) is 17.5. The van der Waals surface area contributed by atoms with Crippen molar-refractivity contribution in [2.45, 2.75) is 116 Å². The number of rotatable bonds is 9. The Balaban J connectivity index is 0.000000138. The molecule has 0 bridgehead atoms. The van der Waals surface area contributed by atoms with Gasteiger partial charge in [-0.3, -0.25) is 0 Å². The van der Waals surface area contributed by atoms with Gasteiger partial charge in [0.2, 0.25) is 0 Å². The number of aryl methyl sites for hydroxylation is 2. The fraction of sp³-hybridized carbons (Fsp3) is 0.364. The highest BCUT2D eigenvalue weighted by Gasteiger charge is 2.37. The lowest BCUT2D eigenvalue weighted by atomic mass is 9.88. The number of halogens is 7.